The first-order valence-corrected chi connectivity index (χ1v) is 11.6. The molecule has 1 aromatic heterocycles. The Bertz CT molecular complexity index is 1280. The van der Waals surface area contributed by atoms with Crippen molar-refractivity contribution in [3.63, 3.8) is 0 Å². The van der Waals surface area contributed by atoms with Gasteiger partial charge in [-0.25, -0.2) is 4.98 Å². The standard InChI is InChI=1S/C27H27ClN2O3/c1-4-13-32-21-8-6-7-19(14-21)26(31)29-23-16-20(9-11-22(23)28)27-30-24-15-18(17(3)5-2)10-12-25(24)33-27/h6-12,14-17H,4-5,13H2,1-3H3,(H,29,31)/t17-/m0/s1. The number of hydrogen-bond donors (Lipinski definition) is 1. The van der Waals surface area contributed by atoms with Crippen LogP contribution in [0, 0.1) is 0 Å². The fourth-order valence-electron chi connectivity index (χ4n) is 3.51. The molecule has 0 unspecified atom stereocenters. The van der Waals surface area contributed by atoms with Gasteiger partial charge in [0.25, 0.3) is 5.91 Å². The Kier molecular flexibility index (Phi) is 6.99. The number of benzene rings is 3. The van der Waals surface area contributed by atoms with Crippen molar-refractivity contribution >= 4 is 34.3 Å². The molecule has 1 N–H and O–H groups in total. The number of rotatable bonds is 8. The monoisotopic (exact) mass is 462 g/mol. The molecular formula is C27H27ClN2O3. The van der Waals surface area contributed by atoms with E-state index in [-0.39, 0.29) is 5.91 Å². The molecule has 33 heavy (non-hydrogen) atoms. The zero-order chi connectivity index (χ0) is 23.4. The molecule has 6 heteroatoms. The lowest BCUT2D eigenvalue weighted by Crippen LogP contribution is -2.12. The first-order chi connectivity index (χ1) is 16.0. The van der Waals surface area contributed by atoms with E-state index in [1.54, 1.807) is 30.3 Å². The van der Waals surface area contributed by atoms with Crippen molar-refractivity contribution in [2.24, 2.45) is 0 Å². The van der Waals surface area contributed by atoms with Gasteiger partial charge in [0.05, 0.1) is 17.3 Å². The molecule has 0 spiro atoms. The largest absolute Gasteiger partial charge is 0.494 e. The average Bonchev–Trinajstić information content (AvgIpc) is 3.27. The second-order valence-electron chi connectivity index (χ2n) is 8.08. The van der Waals surface area contributed by atoms with Crippen LogP contribution in [0.5, 0.6) is 5.75 Å². The molecule has 0 aliphatic heterocycles. The zero-order valence-electron chi connectivity index (χ0n) is 19.0. The highest BCUT2D eigenvalue weighted by molar-refractivity contribution is 6.34. The van der Waals surface area contributed by atoms with Crippen LogP contribution in [0.3, 0.4) is 0 Å². The fourth-order valence-corrected chi connectivity index (χ4v) is 3.67. The highest BCUT2D eigenvalue weighted by Crippen LogP contribution is 2.32. The molecule has 1 heterocycles. The third-order valence-electron chi connectivity index (χ3n) is 5.62. The van der Waals surface area contributed by atoms with E-state index in [9.17, 15) is 4.79 Å². The van der Waals surface area contributed by atoms with Gasteiger partial charge < -0.3 is 14.5 Å². The van der Waals surface area contributed by atoms with E-state index >= 15 is 0 Å². The zero-order valence-corrected chi connectivity index (χ0v) is 19.8. The topological polar surface area (TPSA) is 64.4 Å². The number of anilines is 1. The van der Waals surface area contributed by atoms with Crippen molar-refractivity contribution in [3.8, 4) is 17.2 Å². The van der Waals surface area contributed by atoms with Crippen LogP contribution in [-0.4, -0.2) is 17.5 Å². The van der Waals surface area contributed by atoms with Crippen molar-refractivity contribution in [2.75, 3.05) is 11.9 Å². The number of amides is 1. The van der Waals surface area contributed by atoms with E-state index in [4.69, 9.17) is 20.8 Å². The van der Waals surface area contributed by atoms with Gasteiger partial charge in [0.15, 0.2) is 5.58 Å². The second kappa shape index (κ2) is 10.1. The number of aromatic nitrogens is 1. The summed E-state index contributed by atoms with van der Waals surface area (Å²) in [5.41, 5.74) is 4.48. The lowest BCUT2D eigenvalue weighted by Gasteiger charge is -2.10. The summed E-state index contributed by atoms with van der Waals surface area (Å²) >= 11 is 6.37. The maximum atomic E-state index is 12.8. The Labute approximate surface area is 198 Å². The van der Waals surface area contributed by atoms with Gasteiger partial charge in [0, 0.05) is 11.1 Å². The smallest absolute Gasteiger partial charge is 0.255 e. The molecule has 0 aliphatic rings. The summed E-state index contributed by atoms with van der Waals surface area (Å²) in [6.45, 7) is 7.00. The minimum Gasteiger partial charge on any atom is -0.494 e. The quantitative estimate of drug-likeness (QED) is 0.291. The van der Waals surface area contributed by atoms with Crippen LogP contribution in [0.2, 0.25) is 5.02 Å². The molecule has 5 nitrogen and oxygen atoms in total. The molecule has 0 saturated carbocycles. The summed E-state index contributed by atoms with van der Waals surface area (Å²) < 4.78 is 11.6. The summed E-state index contributed by atoms with van der Waals surface area (Å²) in [5.74, 6) is 1.32. The summed E-state index contributed by atoms with van der Waals surface area (Å²) in [6, 6.07) is 18.5. The third kappa shape index (κ3) is 5.20. The first kappa shape index (κ1) is 22.9. The lowest BCUT2D eigenvalue weighted by atomic mass is 9.98. The molecule has 0 aliphatic carbocycles. The molecule has 0 fully saturated rings. The van der Waals surface area contributed by atoms with Gasteiger partial charge in [-0.15, -0.1) is 0 Å². The molecule has 4 rings (SSSR count). The number of nitrogens with zero attached hydrogens (tertiary/aromatic N) is 1. The third-order valence-corrected chi connectivity index (χ3v) is 5.95. The number of halogens is 1. The number of carbonyl (C=O) groups is 1. The highest BCUT2D eigenvalue weighted by Gasteiger charge is 2.15. The van der Waals surface area contributed by atoms with Gasteiger partial charge in [-0.3, -0.25) is 4.79 Å². The van der Waals surface area contributed by atoms with Gasteiger partial charge in [-0.05, 0) is 72.9 Å². The van der Waals surface area contributed by atoms with E-state index in [1.807, 2.05) is 25.1 Å². The molecule has 170 valence electrons. The van der Waals surface area contributed by atoms with Gasteiger partial charge in [-0.2, -0.15) is 0 Å². The molecule has 1 amide bonds. The fraction of sp³-hybridized carbons (Fsp3) is 0.259. The predicted molar refractivity (Wildman–Crippen MR) is 133 cm³/mol. The number of carbonyl (C=O) groups excluding carboxylic acids is 1. The summed E-state index contributed by atoms with van der Waals surface area (Å²) in [5, 5.41) is 3.32. The van der Waals surface area contributed by atoms with Crippen LogP contribution >= 0.6 is 11.6 Å². The maximum absolute atomic E-state index is 12.8. The Morgan fingerprint density at radius 2 is 1.97 bits per heavy atom. The number of nitrogens with one attached hydrogen (secondary N) is 1. The number of fused-ring (bicyclic) bond motifs is 1. The molecule has 3 aromatic carbocycles. The molecule has 1 atom stereocenters. The van der Waals surface area contributed by atoms with Crippen molar-refractivity contribution in [1.29, 1.82) is 0 Å². The predicted octanol–water partition coefficient (Wildman–Crippen LogP) is 7.70. The number of oxazole rings is 1. The summed E-state index contributed by atoms with van der Waals surface area (Å²) in [4.78, 5) is 17.5. The van der Waals surface area contributed by atoms with Crippen LogP contribution in [0.4, 0.5) is 5.69 Å². The van der Waals surface area contributed by atoms with E-state index in [2.05, 4.69) is 36.3 Å². The summed E-state index contributed by atoms with van der Waals surface area (Å²) in [6.07, 6.45) is 1.96. The van der Waals surface area contributed by atoms with E-state index in [1.165, 1.54) is 5.56 Å². The van der Waals surface area contributed by atoms with Crippen LogP contribution in [0.15, 0.2) is 65.1 Å². The lowest BCUT2D eigenvalue weighted by molar-refractivity contribution is 0.102. The second-order valence-corrected chi connectivity index (χ2v) is 8.49. The molecule has 4 aromatic rings. The Balaban J connectivity index is 1.58. The van der Waals surface area contributed by atoms with E-state index in [0.29, 0.717) is 40.4 Å². The minimum atomic E-state index is -0.272. The molecule has 0 bridgehead atoms. The van der Waals surface area contributed by atoms with Gasteiger partial charge >= 0.3 is 0 Å². The van der Waals surface area contributed by atoms with Gasteiger partial charge in [0.2, 0.25) is 5.89 Å². The van der Waals surface area contributed by atoms with Gasteiger partial charge in [0.1, 0.15) is 11.3 Å². The number of ether oxygens (including phenoxy) is 1. The van der Waals surface area contributed by atoms with Crippen molar-refractivity contribution in [2.45, 2.75) is 39.5 Å². The van der Waals surface area contributed by atoms with Crippen LogP contribution in [0.1, 0.15) is 55.5 Å². The van der Waals surface area contributed by atoms with Crippen LogP contribution in [0.25, 0.3) is 22.6 Å². The van der Waals surface area contributed by atoms with E-state index in [0.717, 1.165) is 29.5 Å². The molecule has 0 saturated heterocycles. The van der Waals surface area contributed by atoms with Crippen molar-refractivity contribution in [1.82, 2.24) is 4.98 Å². The number of hydrogen-bond acceptors (Lipinski definition) is 4. The van der Waals surface area contributed by atoms with Crippen molar-refractivity contribution in [3.05, 3.63) is 76.8 Å². The SMILES string of the molecule is CCCOc1cccc(C(=O)Nc2cc(-c3nc4cc([C@@H](C)CC)ccc4o3)ccc2Cl)c1. The minimum absolute atomic E-state index is 0.272. The maximum Gasteiger partial charge on any atom is 0.255 e. The van der Waals surface area contributed by atoms with Crippen LogP contribution in [-0.2, 0) is 0 Å². The molecular weight excluding hydrogens is 436 g/mol. The Morgan fingerprint density at radius 3 is 2.76 bits per heavy atom. The highest BCUT2D eigenvalue weighted by atomic mass is 35.5. The average molecular weight is 463 g/mol. The normalized spacial score (nSPS) is 12.0. The van der Waals surface area contributed by atoms with Crippen LogP contribution < -0.4 is 10.1 Å². The van der Waals surface area contributed by atoms with Crippen molar-refractivity contribution < 1.29 is 13.9 Å². The Hall–Kier alpha value is -3.31. The first-order valence-electron chi connectivity index (χ1n) is 11.2. The van der Waals surface area contributed by atoms with E-state index < -0.39 is 0 Å². The van der Waals surface area contributed by atoms with Gasteiger partial charge in [-0.1, -0.05) is 44.5 Å². The molecule has 0 radical (unpaired) electrons. The Morgan fingerprint density at radius 1 is 1.12 bits per heavy atom. The summed E-state index contributed by atoms with van der Waals surface area (Å²) in [7, 11) is 0.